The fraction of sp³-hybridized carbons (Fsp3) is 0.364. The van der Waals surface area contributed by atoms with Crippen LogP contribution in [0.5, 0.6) is 0 Å². The maximum Gasteiger partial charge on any atom is 0.409 e. The number of aliphatic carboxylic acids is 1. The van der Waals surface area contributed by atoms with Gasteiger partial charge in [-0.05, 0) is 41.0 Å². The summed E-state index contributed by atoms with van der Waals surface area (Å²) in [5.41, 5.74) is 4.21. The first-order valence-electron chi connectivity index (χ1n) is 9.43. The Morgan fingerprint density at radius 3 is 2.30 bits per heavy atom. The van der Waals surface area contributed by atoms with Crippen LogP contribution in [0.15, 0.2) is 48.5 Å². The van der Waals surface area contributed by atoms with Gasteiger partial charge in [0.25, 0.3) is 0 Å². The van der Waals surface area contributed by atoms with Crippen LogP contribution in [0, 0.1) is 11.3 Å². The molecule has 2 atom stereocenters. The third kappa shape index (κ3) is 2.45. The van der Waals surface area contributed by atoms with E-state index < -0.39 is 11.4 Å². The smallest absolute Gasteiger partial charge is 0.409 e. The number of carbonyl (C=O) groups is 2. The molecule has 1 amide bonds. The van der Waals surface area contributed by atoms with Crippen molar-refractivity contribution in [3.63, 3.8) is 0 Å². The Kier molecular flexibility index (Phi) is 3.54. The number of likely N-dealkylation sites (tertiary alicyclic amines) is 1. The third-order valence-corrected chi connectivity index (χ3v) is 6.52. The Balaban J connectivity index is 1.28. The lowest BCUT2D eigenvalue weighted by atomic mass is 9.96. The molecule has 27 heavy (non-hydrogen) atoms. The average molecular weight is 363 g/mol. The van der Waals surface area contributed by atoms with Crippen LogP contribution in [0.2, 0.25) is 0 Å². The van der Waals surface area contributed by atoms with Gasteiger partial charge in [0.15, 0.2) is 0 Å². The highest BCUT2D eigenvalue weighted by Crippen LogP contribution is 2.58. The number of carbonyl (C=O) groups excluding carboxylic acids is 1. The van der Waals surface area contributed by atoms with E-state index in [-0.39, 0.29) is 17.9 Å². The second-order valence-corrected chi connectivity index (χ2v) is 7.86. The molecule has 2 aromatic rings. The molecule has 1 N–H and O–H groups in total. The first kappa shape index (κ1) is 16.4. The van der Waals surface area contributed by atoms with Crippen molar-refractivity contribution in [2.75, 3.05) is 19.7 Å². The van der Waals surface area contributed by atoms with Gasteiger partial charge in [-0.2, -0.15) is 0 Å². The number of carboxylic acid groups (broad SMARTS) is 1. The Bertz CT molecular complexity index is 894. The number of hydrogen-bond acceptors (Lipinski definition) is 3. The van der Waals surface area contributed by atoms with Crippen LogP contribution in [0.4, 0.5) is 4.79 Å². The van der Waals surface area contributed by atoms with Gasteiger partial charge in [-0.25, -0.2) is 4.79 Å². The van der Waals surface area contributed by atoms with E-state index in [2.05, 4.69) is 24.3 Å². The largest absolute Gasteiger partial charge is 0.481 e. The molecular formula is C22H21NO4. The highest BCUT2D eigenvalue weighted by atomic mass is 16.6. The molecule has 2 aliphatic carbocycles. The molecule has 1 saturated carbocycles. The fourth-order valence-corrected chi connectivity index (χ4v) is 4.84. The van der Waals surface area contributed by atoms with Crippen molar-refractivity contribution in [1.82, 2.24) is 4.90 Å². The number of rotatable bonds is 3. The Morgan fingerprint density at radius 1 is 1.07 bits per heavy atom. The first-order chi connectivity index (χ1) is 13.1. The van der Waals surface area contributed by atoms with Gasteiger partial charge in [0.1, 0.15) is 6.61 Å². The van der Waals surface area contributed by atoms with Crippen LogP contribution in [-0.2, 0) is 9.53 Å². The molecule has 0 aromatic heterocycles. The van der Waals surface area contributed by atoms with E-state index in [1.807, 2.05) is 24.3 Å². The van der Waals surface area contributed by atoms with Gasteiger partial charge in [0.05, 0.1) is 5.41 Å². The molecule has 3 aliphatic rings. The van der Waals surface area contributed by atoms with Gasteiger partial charge in [-0.1, -0.05) is 48.5 Å². The van der Waals surface area contributed by atoms with Gasteiger partial charge in [-0.15, -0.1) is 0 Å². The molecule has 0 radical (unpaired) electrons. The maximum atomic E-state index is 12.6. The second-order valence-electron chi connectivity index (χ2n) is 7.86. The number of hydrogen-bond donors (Lipinski definition) is 1. The Labute approximate surface area is 157 Å². The Morgan fingerprint density at radius 2 is 1.70 bits per heavy atom. The summed E-state index contributed by atoms with van der Waals surface area (Å²) in [5.74, 6) is -0.603. The molecule has 1 aliphatic heterocycles. The van der Waals surface area contributed by atoms with E-state index in [1.165, 1.54) is 22.3 Å². The summed E-state index contributed by atoms with van der Waals surface area (Å²) in [6.07, 6.45) is 0.870. The molecule has 5 rings (SSSR count). The molecule has 0 spiro atoms. The maximum absolute atomic E-state index is 12.6. The molecule has 0 bridgehead atoms. The zero-order chi connectivity index (χ0) is 18.6. The van der Waals surface area contributed by atoms with Crippen molar-refractivity contribution < 1.29 is 19.4 Å². The van der Waals surface area contributed by atoms with Crippen molar-refractivity contribution in [1.29, 1.82) is 0 Å². The standard InChI is InChI=1S/C22H21NO4/c24-20(25)22-9-10-23(12-14(22)11-22)21(26)27-13-19-17-7-3-1-5-15(17)16-6-2-4-8-18(16)19/h1-8,14,19H,9-13H2,(H,24,25)/t14-,22+/m0/s1. The lowest BCUT2D eigenvalue weighted by Gasteiger charge is -2.29. The minimum atomic E-state index is -0.723. The van der Waals surface area contributed by atoms with Crippen LogP contribution >= 0.6 is 0 Å². The molecule has 2 aromatic carbocycles. The van der Waals surface area contributed by atoms with Gasteiger partial charge in [0, 0.05) is 19.0 Å². The van der Waals surface area contributed by atoms with E-state index >= 15 is 0 Å². The van der Waals surface area contributed by atoms with E-state index in [9.17, 15) is 14.7 Å². The number of ether oxygens (including phenoxy) is 1. The fourth-order valence-electron chi connectivity index (χ4n) is 4.84. The average Bonchev–Trinajstić information content (AvgIpc) is 3.36. The molecule has 5 nitrogen and oxygen atoms in total. The number of nitrogens with zero attached hydrogens (tertiary/aromatic N) is 1. The van der Waals surface area contributed by atoms with Crippen LogP contribution in [-0.4, -0.2) is 41.8 Å². The van der Waals surface area contributed by atoms with Gasteiger partial charge in [-0.3, -0.25) is 4.79 Å². The second kappa shape index (κ2) is 5.84. The highest BCUT2D eigenvalue weighted by molar-refractivity contribution is 5.80. The van der Waals surface area contributed by atoms with Crippen molar-refractivity contribution in [3.05, 3.63) is 59.7 Å². The summed E-state index contributed by atoms with van der Waals surface area (Å²) in [4.78, 5) is 25.6. The molecule has 138 valence electrons. The quantitative estimate of drug-likeness (QED) is 0.902. The zero-order valence-electron chi connectivity index (χ0n) is 14.9. The lowest BCUT2D eigenvalue weighted by Crippen LogP contribution is -2.41. The molecular weight excluding hydrogens is 342 g/mol. The van der Waals surface area contributed by atoms with Crippen molar-refractivity contribution in [3.8, 4) is 11.1 Å². The van der Waals surface area contributed by atoms with E-state index in [4.69, 9.17) is 4.74 Å². The molecule has 1 heterocycles. The van der Waals surface area contributed by atoms with Crippen LogP contribution in [0.3, 0.4) is 0 Å². The first-order valence-corrected chi connectivity index (χ1v) is 9.43. The summed E-state index contributed by atoms with van der Waals surface area (Å²) < 4.78 is 5.68. The summed E-state index contributed by atoms with van der Waals surface area (Å²) in [7, 11) is 0. The number of benzene rings is 2. The predicted molar refractivity (Wildman–Crippen MR) is 99.4 cm³/mol. The van der Waals surface area contributed by atoms with Gasteiger partial charge in [0.2, 0.25) is 0 Å². The normalized spacial score (nSPS) is 25.3. The van der Waals surface area contributed by atoms with E-state index in [0.717, 1.165) is 0 Å². The number of fused-ring (bicyclic) bond motifs is 4. The minimum absolute atomic E-state index is 0.0465. The molecule has 0 unspecified atom stereocenters. The topological polar surface area (TPSA) is 66.8 Å². The van der Waals surface area contributed by atoms with Crippen molar-refractivity contribution in [2.45, 2.75) is 18.8 Å². The molecule has 1 saturated heterocycles. The summed E-state index contributed by atoms with van der Waals surface area (Å²) >= 11 is 0. The van der Waals surface area contributed by atoms with E-state index in [1.54, 1.807) is 4.90 Å². The molecule has 2 fully saturated rings. The zero-order valence-corrected chi connectivity index (χ0v) is 14.9. The number of carboxylic acids is 1. The number of amides is 1. The number of piperidine rings is 1. The van der Waals surface area contributed by atoms with Crippen LogP contribution < -0.4 is 0 Å². The monoisotopic (exact) mass is 363 g/mol. The molecule has 5 heteroatoms. The lowest BCUT2D eigenvalue weighted by molar-refractivity contribution is -0.145. The minimum Gasteiger partial charge on any atom is -0.481 e. The summed E-state index contributed by atoms with van der Waals surface area (Å²) in [6, 6.07) is 16.5. The van der Waals surface area contributed by atoms with Crippen LogP contribution in [0.25, 0.3) is 11.1 Å². The summed E-state index contributed by atoms with van der Waals surface area (Å²) in [5, 5.41) is 9.36. The van der Waals surface area contributed by atoms with Gasteiger partial charge >= 0.3 is 12.1 Å². The summed E-state index contributed by atoms with van der Waals surface area (Å²) in [6.45, 7) is 1.25. The predicted octanol–water partition coefficient (Wildman–Crippen LogP) is 3.73. The van der Waals surface area contributed by atoms with Crippen molar-refractivity contribution >= 4 is 12.1 Å². The van der Waals surface area contributed by atoms with Gasteiger partial charge < -0.3 is 14.7 Å². The van der Waals surface area contributed by atoms with Crippen molar-refractivity contribution in [2.24, 2.45) is 11.3 Å². The van der Waals surface area contributed by atoms with Crippen LogP contribution in [0.1, 0.15) is 29.9 Å². The van der Waals surface area contributed by atoms with E-state index in [0.29, 0.717) is 32.5 Å². The Hall–Kier alpha value is -2.82. The highest BCUT2D eigenvalue weighted by Gasteiger charge is 2.62. The SMILES string of the molecule is O=C(OCC1c2ccccc2-c2ccccc21)N1CC[C@@]2(C(=O)O)C[C@H]2C1. The third-order valence-electron chi connectivity index (χ3n) is 6.52.